The summed E-state index contributed by atoms with van der Waals surface area (Å²) in [5.41, 5.74) is -0.287. The lowest BCUT2D eigenvalue weighted by Crippen LogP contribution is -2.63. The topological polar surface area (TPSA) is 55.8 Å². The SMILES string of the molecule is CC1CC[C@@]2(OC1)O[C@H]1C[C@H]3[C@@H]4CCC5CCCC[C@]5(C)[C@H]4C(=O)C(O)[C@]3(C)[C@H]1[C@@H]2C. The fourth-order valence-corrected chi connectivity index (χ4v) is 10.1. The highest BCUT2D eigenvalue weighted by atomic mass is 16.7. The number of aliphatic hydroxyl groups excluding tert-OH is 1. The van der Waals surface area contributed by atoms with Crippen molar-refractivity contribution in [2.45, 2.75) is 103 Å². The molecule has 6 fully saturated rings. The second kappa shape index (κ2) is 6.79. The maximum Gasteiger partial charge on any atom is 0.171 e. The van der Waals surface area contributed by atoms with Crippen LogP contribution in [0.3, 0.4) is 0 Å². The number of hydrogen-bond donors (Lipinski definition) is 1. The highest BCUT2D eigenvalue weighted by Gasteiger charge is 2.73. The minimum atomic E-state index is -0.852. The Kier molecular flexibility index (Phi) is 4.62. The Bertz CT molecular complexity index is 756. The minimum absolute atomic E-state index is 0.0505. The monoisotopic (exact) mass is 430 g/mol. The first-order valence-corrected chi connectivity index (χ1v) is 13.3. The van der Waals surface area contributed by atoms with E-state index in [0.717, 1.165) is 38.7 Å². The number of carbonyl (C=O) groups excluding carboxylic acids is 1. The average molecular weight is 431 g/mol. The number of hydrogen-bond acceptors (Lipinski definition) is 4. The highest BCUT2D eigenvalue weighted by molar-refractivity contribution is 5.88. The third kappa shape index (κ3) is 2.56. The zero-order chi connectivity index (χ0) is 21.8. The van der Waals surface area contributed by atoms with Crippen LogP contribution in [-0.4, -0.2) is 35.5 Å². The van der Waals surface area contributed by atoms with Crippen molar-refractivity contribution < 1.29 is 19.4 Å². The zero-order valence-corrected chi connectivity index (χ0v) is 19.9. The molecule has 0 aromatic carbocycles. The molecule has 2 saturated heterocycles. The van der Waals surface area contributed by atoms with Crippen LogP contribution < -0.4 is 0 Å². The zero-order valence-electron chi connectivity index (χ0n) is 19.9. The fraction of sp³-hybridized carbons (Fsp3) is 0.963. The van der Waals surface area contributed by atoms with E-state index in [1.807, 2.05) is 0 Å². The van der Waals surface area contributed by atoms with Gasteiger partial charge < -0.3 is 14.6 Å². The Morgan fingerprint density at radius 2 is 1.84 bits per heavy atom. The van der Waals surface area contributed by atoms with E-state index in [9.17, 15) is 9.90 Å². The summed E-state index contributed by atoms with van der Waals surface area (Å²) >= 11 is 0. The molecule has 0 bridgehead atoms. The van der Waals surface area contributed by atoms with Gasteiger partial charge in [-0.15, -0.1) is 0 Å². The fourth-order valence-electron chi connectivity index (χ4n) is 10.1. The van der Waals surface area contributed by atoms with Gasteiger partial charge in [0.2, 0.25) is 0 Å². The van der Waals surface area contributed by atoms with E-state index in [1.54, 1.807) is 0 Å². The first-order chi connectivity index (χ1) is 14.7. The van der Waals surface area contributed by atoms with E-state index in [1.165, 1.54) is 25.7 Å². The first kappa shape index (κ1) is 21.1. The van der Waals surface area contributed by atoms with Gasteiger partial charge in [0, 0.05) is 29.6 Å². The number of ketones is 1. The van der Waals surface area contributed by atoms with Gasteiger partial charge >= 0.3 is 0 Å². The second-order valence-electron chi connectivity index (χ2n) is 12.9. The van der Waals surface area contributed by atoms with E-state index in [2.05, 4.69) is 27.7 Å². The van der Waals surface area contributed by atoms with E-state index < -0.39 is 11.9 Å². The largest absolute Gasteiger partial charge is 0.385 e. The molecule has 0 aromatic heterocycles. The van der Waals surface area contributed by atoms with Gasteiger partial charge in [-0.2, -0.15) is 0 Å². The molecule has 1 N–H and O–H groups in total. The molecule has 2 aliphatic heterocycles. The average Bonchev–Trinajstić information content (AvgIpc) is 3.19. The summed E-state index contributed by atoms with van der Waals surface area (Å²) in [6, 6.07) is 0. The Morgan fingerprint density at radius 1 is 1.03 bits per heavy atom. The molecule has 0 radical (unpaired) electrons. The van der Waals surface area contributed by atoms with Crippen molar-refractivity contribution >= 4 is 5.78 Å². The Hall–Kier alpha value is -0.450. The van der Waals surface area contributed by atoms with Gasteiger partial charge in [0.25, 0.3) is 0 Å². The van der Waals surface area contributed by atoms with Gasteiger partial charge in [-0.1, -0.05) is 40.5 Å². The third-order valence-electron chi connectivity index (χ3n) is 11.7. The van der Waals surface area contributed by atoms with Crippen molar-refractivity contribution in [1.29, 1.82) is 0 Å². The summed E-state index contributed by atoms with van der Waals surface area (Å²) in [7, 11) is 0. The van der Waals surface area contributed by atoms with Crippen LogP contribution in [0.15, 0.2) is 0 Å². The summed E-state index contributed by atoms with van der Waals surface area (Å²) < 4.78 is 13.2. The van der Waals surface area contributed by atoms with Crippen LogP contribution in [0, 0.1) is 52.3 Å². The summed E-state index contributed by atoms with van der Waals surface area (Å²) in [5, 5.41) is 11.7. The molecule has 6 rings (SSSR count). The molecule has 4 aliphatic carbocycles. The molecule has 4 nitrogen and oxygen atoms in total. The first-order valence-electron chi connectivity index (χ1n) is 13.3. The number of Topliss-reactive ketones (excluding diaryl/α,β-unsaturated/α-hetero) is 1. The molecule has 0 amide bonds. The van der Waals surface area contributed by atoms with E-state index in [0.29, 0.717) is 23.7 Å². The van der Waals surface area contributed by atoms with Gasteiger partial charge in [-0.05, 0) is 67.6 Å². The lowest BCUT2D eigenvalue weighted by molar-refractivity contribution is -0.273. The van der Waals surface area contributed by atoms with Crippen molar-refractivity contribution in [1.82, 2.24) is 0 Å². The van der Waals surface area contributed by atoms with Gasteiger partial charge in [0.05, 0.1) is 12.7 Å². The summed E-state index contributed by atoms with van der Waals surface area (Å²) in [6.45, 7) is 9.91. The maximum absolute atomic E-state index is 14.0. The molecule has 1 spiro atoms. The maximum atomic E-state index is 14.0. The summed E-state index contributed by atoms with van der Waals surface area (Å²) in [6.07, 6.45) is 9.77. The smallest absolute Gasteiger partial charge is 0.171 e. The molecule has 2 heterocycles. The van der Waals surface area contributed by atoms with E-state index in [4.69, 9.17) is 9.47 Å². The third-order valence-corrected chi connectivity index (χ3v) is 11.7. The number of carbonyl (C=O) groups is 1. The van der Waals surface area contributed by atoms with Crippen molar-refractivity contribution in [3.05, 3.63) is 0 Å². The van der Waals surface area contributed by atoms with Crippen LogP contribution in [0.4, 0.5) is 0 Å². The predicted molar refractivity (Wildman–Crippen MR) is 118 cm³/mol. The molecule has 31 heavy (non-hydrogen) atoms. The van der Waals surface area contributed by atoms with Gasteiger partial charge in [0.15, 0.2) is 11.6 Å². The van der Waals surface area contributed by atoms with Crippen molar-refractivity contribution in [2.24, 2.45) is 52.3 Å². The summed E-state index contributed by atoms with van der Waals surface area (Å²) in [4.78, 5) is 14.0. The van der Waals surface area contributed by atoms with E-state index in [-0.39, 0.29) is 40.5 Å². The standard InChI is InChI=1S/C27H42O4/c1-15-10-12-27(30-14-15)16(2)21-20(31-27)13-19-18-9-8-17-7-5-6-11-25(17,3)22(18)23(28)24(29)26(19,21)4/h15-22,24,29H,5-14H2,1-4H3/t15?,16-,17?,18-,19-,20-,21-,22+,24?,25-,26-,27+/m0/s1. The molecular formula is C27H42O4. The normalized spacial score (nSPS) is 60.9. The van der Waals surface area contributed by atoms with E-state index >= 15 is 0 Å². The van der Waals surface area contributed by atoms with Crippen LogP contribution in [0.2, 0.25) is 0 Å². The molecule has 4 heteroatoms. The molecule has 3 unspecified atom stereocenters. The van der Waals surface area contributed by atoms with Crippen molar-refractivity contribution in [3.8, 4) is 0 Å². The quantitative estimate of drug-likeness (QED) is 0.589. The predicted octanol–water partition coefficient (Wildman–Crippen LogP) is 4.97. The van der Waals surface area contributed by atoms with Crippen LogP contribution >= 0.6 is 0 Å². The van der Waals surface area contributed by atoms with Gasteiger partial charge in [0.1, 0.15) is 6.10 Å². The number of ether oxygens (including phenoxy) is 2. The Morgan fingerprint density at radius 3 is 2.58 bits per heavy atom. The molecule has 174 valence electrons. The van der Waals surface area contributed by atoms with Crippen LogP contribution in [0.25, 0.3) is 0 Å². The van der Waals surface area contributed by atoms with Crippen molar-refractivity contribution in [2.75, 3.05) is 6.61 Å². The molecule has 4 saturated carbocycles. The Balaban J connectivity index is 1.35. The number of aliphatic hydroxyl groups is 1. The summed E-state index contributed by atoms with van der Waals surface area (Å²) in [5.74, 6) is 2.22. The molecule has 0 aromatic rings. The van der Waals surface area contributed by atoms with Gasteiger partial charge in [-0.3, -0.25) is 4.79 Å². The van der Waals surface area contributed by atoms with Gasteiger partial charge in [-0.25, -0.2) is 0 Å². The molecule has 6 aliphatic rings. The van der Waals surface area contributed by atoms with Crippen LogP contribution in [0.5, 0.6) is 0 Å². The number of fused-ring (bicyclic) bond motifs is 7. The lowest BCUT2D eigenvalue weighted by atomic mass is 9.43. The molecular weight excluding hydrogens is 388 g/mol. The second-order valence-corrected chi connectivity index (χ2v) is 12.9. The molecule has 12 atom stereocenters. The minimum Gasteiger partial charge on any atom is -0.385 e. The Labute approximate surface area is 187 Å². The van der Waals surface area contributed by atoms with Crippen molar-refractivity contribution in [3.63, 3.8) is 0 Å². The number of rotatable bonds is 0. The van der Waals surface area contributed by atoms with Crippen LogP contribution in [-0.2, 0) is 14.3 Å². The highest BCUT2D eigenvalue weighted by Crippen LogP contribution is 2.70. The lowest BCUT2D eigenvalue weighted by Gasteiger charge is -2.61. The van der Waals surface area contributed by atoms with Crippen LogP contribution in [0.1, 0.15) is 85.5 Å².